The summed E-state index contributed by atoms with van der Waals surface area (Å²) in [5.41, 5.74) is 5.79. The van der Waals surface area contributed by atoms with E-state index in [9.17, 15) is 0 Å². The Morgan fingerprint density at radius 3 is 2.92 bits per heavy atom. The number of rotatable bonds is 5. The van der Waals surface area contributed by atoms with Crippen molar-refractivity contribution >= 4 is 54.8 Å². The van der Waals surface area contributed by atoms with Crippen molar-refractivity contribution in [3.8, 4) is 0 Å². The van der Waals surface area contributed by atoms with Gasteiger partial charge in [-0.25, -0.2) is 4.98 Å². The van der Waals surface area contributed by atoms with Crippen LogP contribution in [0.5, 0.6) is 0 Å². The lowest BCUT2D eigenvalue weighted by molar-refractivity contribution is 1.27. The Labute approximate surface area is 152 Å². The first-order valence-electron chi connectivity index (χ1n) is 7.68. The quantitative estimate of drug-likeness (QED) is 0.491. The number of aromatic nitrogens is 1. The number of thiazole rings is 1. The molecule has 0 saturated heterocycles. The van der Waals surface area contributed by atoms with Crippen LogP contribution in [-0.2, 0) is 5.75 Å². The van der Waals surface area contributed by atoms with Gasteiger partial charge >= 0.3 is 0 Å². The molecular weight excluding hydrogens is 354 g/mol. The van der Waals surface area contributed by atoms with Crippen LogP contribution in [0, 0.1) is 6.92 Å². The van der Waals surface area contributed by atoms with Gasteiger partial charge in [0.05, 0.1) is 20.8 Å². The number of thioether (sulfide) groups is 1. The zero-order chi connectivity index (χ0) is 16.4. The highest BCUT2D eigenvalue weighted by Crippen LogP contribution is 2.37. The van der Waals surface area contributed by atoms with Crippen molar-refractivity contribution in [2.45, 2.75) is 17.0 Å². The summed E-state index contributed by atoms with van der Waals surface area (Å²) in [6.07, 6.45) is 0. The number of hydrogen-bond donors (Lipinski definition) is 1. The first kappa shape index (κ1) is 15.9. The Balaban J connectivity index is 1.42. The molecule has 3 nitrogen and oxygen atoms in total. The topological polar surface area (TPSA) is 37.6 Å². The zero-order valence-corrected chi connectivity index (χ0v) is 15.7. The second-order valence-electron chi connectivity index (χ2n) is 5.60. The Bertz CT molecular complexity index is 897. The molecule has 1 atom stereocenters. The molecule has 122 valence electrons. The molecule has 6 heteroatoms. The van der Waals surface area contributed by atoms with Gasteiger partial charge in [-0.1, -0.05) is 53.7 Å². The molecule has 0 saturated carbocycles. The van der Waals surface area contributed by atoms with Gasteiger partial charge in [-0.2, -0.15) is 16.0 Å². The predicted molar refractivity (Wildman–Crippen MR) is 110 cm³/mol. The predicted octanol–water partition coefficient (Wildman–Crippen LogP) is 5.25. The van der Waals surface area contributed by atoms with E-state index < -0.39 is 10.9 Å². The molecule has 3 aromatic rings. The maximum absolute atomic E-state index is 4.69. The van der Waals surface area contributed by atoms with E-state index in [4.69, 9.17) is 0 Å². The molecule has 4 rings (SSSR count). The second-order valence-corrected chi connectivity index (χ2v) is 9.86. The maximum Gasteiger partial charge on any atom is 0.151 e. The van der Waals surface area contributed by atoms with Gasteiger partial charge in [-0.3, -0.25) is 0 Å². The molecule has 0 amide bonds. The SMILES string of the molecule is Cc1cccc(C[SH]2C=NN=C2CSc2nc3ccccc3s2)c1. The normalized spacial score (nSPS) is 18.2. The fraction of sp³-hybridized carbons (Fsp3) is 0.167. The van der Waals surface area contributed by atoms with E-state index >= 15 is 0 Å². The molecule has 1 aliphatic heterocycles. The van der Waals surface area contributed by atoms with E-state index in [1.807, 2.05) is 11.6 Å². The van der Waals surface area contributed by atoms with Crippen molar-refractivity contribution in [1.82, 2.24) is 4.98 Å². The minimum atomic E-state index is -0.403. The number of aryl methyl sites for hydroxylation is 1. The van der Waals surface area contributed by atoms with Gasteiger partial charge in [0.2, 0.25) is 0 Å². The highest BCUT2D eigenvalue weighted by atomic mass is 32.2. The van der Waals surface area contributed by atoms with Crippen molar-refractivity contribution in [1.29, 1.82) is 0 Å². The maximum atomic E-state index is 4.69. The fourth-order valence-electron chi connectivity index (χ4n) is 2.57. The van der Waals surface area contributed by atoms with Crippen LogP contribution in [-0.4, -0.2) is 21.3 Å². The minimum absolute atomic E-state index is 0.403. The first-order valence-corrected chi connectivity index (χ1v) is 11.1. The van der Waals surface area contributed by atoms with Crippen molar-refractivity contribution in [2.24, 2.45) is 10.2 Å². The summed E-state index contributed by atoms with van der Waals surface area (Å²) in [7, 11) is -0.403. The fourth-order valence-corrected chi connectivity index (χ4v) is 6.61. The number of benzene rings is 2. The van der Waals surface area contributed by atoms with Crippen LogP contribution < -0.4 is 0 Å². The molecule has 24 heavy (non-hydrogen) atoms. The molecule has 2 aromatic carbocycles. The van der Waals surface area contributed by atoms with Crippen LogP contribution >= 0.6 is 34.0 Å². The van der Waals surface area contributed by atoms with E-state index in [1.54, 1.807) is 23.1 Å². The summed E-state index contributed by atoms with van der Waals surface area (Å²) < 4.78 is 2.35. The third kappa shape index (κ3) is 3.55. The third-order valence-corrected chi connectivity index (χ3v) is 8.13. The summed E-state index contributed by atoms with van der Waals surface area (Å²) in [6.45, 7) is 2.14. The molecule has 2 heterocycles. The summed E-state index contributed by atoms with van der Waals surface area (Å²) in [5, 5.41) is 9.76. The van der Waals surface area contributed by atoms with Gasteiger partial charge in [-0.05, 0) is 24.6 Å². The molecule has 0 aliphatic carbocycles. The Morgan fingerprint density at radius 1 is 1.12 bits per heavy atom. The van der Waals surface area contributed by atoms with Crippen LogP contribution in [0.4, 0.5) is 0 Å². The number of thiol groups is 1. The lowest BCUT2D eigenvalue weighted by atomic mass is 10.2. The van der Waals surface area contributed by atoms with Gasteiger partial charge in [0.25, 0.3) is 0 Å². The van der Waals surface area contributed by atoms with Crippen molar-refractivity contribution in [3.63, 3.8) is 0 Å². The monoisotopic (exact) mass is 371 g/mol. The smallest absolute Gasteiger partial charge is 0.151 e. The molecule has 0 bridgehead atoms. The Hall–Kier alpha value is -1.63. The average molecular weight is 372 g/mol. The highest BCUT2D eigenvalue weighted by Gasteiger charge is 2.16. The molecule has 0 fully saturated rings. The van der Waals surface area contributed by atoms with Gasteiger partial charge < -0.3 is 0 Å². The molecule has 1 aromatic heterocycles. The largest absolute Gasteiger partial charge is 0.230 e. The second kappa shape index (κ2) is 7.09. The van der Waals surface area contributed by atoms with Crippen molar-refractivity contribution < 1.29 is 0 Å². The number of fused-ring (bicyclic) bond motifs is 1. The summed E-state index contributed by atoms with van der Waals surface area (Å²) in [5.74, 6) is 1.90. The van der Waals surface area contributed by atoms with E-state index in [-0.39, 0.29) is 0 Å². The van der Waals surface area contributed by atoms with Crippen LogP contribution in [0.3, 0.4) is 0 Å². The van der Waals surface area contributed by atoms with Crippen molar-refractivity contribution in [2.75, 3.05) is 5.75 Å². The number of nitrogens with zero attached hydrogens (tertiary/aromatic N) is 3. The van der Waals surface area contributed by atoms with Crippen LogP contribution in [0.25, 0.3) is 10.2 Å². The molecule has 0 radical (unpaired) electrons. The molecule has 1 unspecified atom stereocenters. The van der Waals surface area contributed by atoms with E-state index in [0.29, 0.717) is 0 Å². The number of hydrogen-bond acceptors (Lipinski definition) is 5. The third-order valence-electron chi connectivity index (χ3n) is 3.73. The van der Waals surface area contributed by atoms with E-state index in [1.165, 1.54) is 20.9 Å². The number of para-hydroxylation sites is 1. The Kier molecular flexibility index (Phi) is 4.69. The lowest BCUT2D eigenvalue weighted by Gasteiger charge is -2.14. The van der Waals surface area contributed by atoms with Crippen LogP contribution in [0.15, 0.2) is 63.1 Å². The van der Waals surface area contributed by atoms with E-state index in [2.05, 4.69) is 64.6 Å². The van der Waals surface area contributed by atoms with Gasteiger partial charge in [0.15, 0.2) is 4.34 Å². The zero-order valence-electron chi connectivity index (χ0n) is 13.2. The van der Waals surface area contributed by atoms with Gasteiger partial charge in [-0.15, -0.1) is 16.4 Å². The molecule has 1 aliphatic rings. The summed E-state index contributed by atoms with van der Waals surface area (Å²) >= 11 is 3.52. The highest BCUT2D eigenvalue weighted by molar-refractivity contribution is 8.40. The van der Waals surface area contributed by atoms with Gasteiger partial charge in [0.1, 0.15) is 0 Å². The first-order chi connectivity index (χ1) is 11.8. The molecule has 0 spiro atoms. The molecular formula is C18H17N3S3. The average Bonchev–Trinajstić information content (AvgIpc) is 3.19. The van der Waals surface area contributed by atoms with Crippen LogP contribution in [0.2, 0.25) is 0 Å². The molecule has 0 N–H and O–H groups in total. The van der Waals surface area contributed by atoms with Crippen LogP contribution in [0.1, 0.15) is 11.1 Å². The van der Waals surface area contributed by atoms with Crippen molar-refractivity contribution in [3.05, 3.63) is 59.7 Å². The summed E-state index contributed by atoms with van der Waals surface area (Å²) in [4.78, 5) is 4.69. The lowest BCUT2D eigenvalue weighted by Crippen LogP contribution is -2.03. The standard InChI is InChI=1S/C18H17N3S3/c1-13-5-4-6-14(9-13)11-24-12-19-21-17(24)10-22-18-20-15-7-2-3-8-16(15)23-18/h2-9,12,24H,10-11H2,1H3. The summed E-state index contributed by atoms with van der Waals surface area (Å²) in [6, 6.07) is 17.0. The minimum Gasteiger partial charge on any atom is -0.230 e. The van der Waals surface area contributed by atoms with Gasteiger partial charge in [0, 0.05) is 11.5 Å². The van der Waals surface area contributed by atoms with E-state index in [0.717, 1.165) is 21.4 Å². The Morgan fingerprint density at radius 2 is 2.04 bits per heavy atom.